The lowest BCUT2D eigenvalue weighted by Crippen LogP contribution is -2.36. The fourth-order valence-electron chi connectivity index (χ4n) is 2.53. The summed E-state index contributed by atoms with van der Waals surface area (Å²) in [5, 5.41) is 11.0. The molecular formula is C14H19Cl2NO. The highest BCUT2D eigenvalue weighted by Crippen LogP contribution is 2.25. The maximum Gasteiger partial charge on any atom is 0.0586 e. The van der Waals surface area contributed by atoms with Crippen LogP contribution < -0.4 is 0 Å². The van der Waals surface area contributed by atoms with Gasteiger partial charge in [0.25, 0.3) is 0 Å². The smallest absolute Gasteiger partial charge is 0.0586 e. The van der Waals surface area contributed by atoms with Crippen molar-refractivity contribution in [1.29, 1.82) is 0 Å². The molecule has 0 aromatic heterocycles. The van der Waals surface area contributed by atoms with Crippen LogP contribution in [0, 0.1) is 0 Å². The van der Waals surface area contributed by atoms with Crippen LogP contribution in [0.15, 0.2) is 18.2 Å². The predicted octanol–water partition coefficient (Wildman–Crippen LogP) is 3.73. The van der Waals surface area contributed by atoms with Crippen molar-refractivity contribution in [2.45, 2.75) is 38.3 Å². The molecule has 0 amide bonds. The van der Waals surface area contributed by atoms with Crippen LogP contribution >= 0.6 is 23.2 Å². The van der Waals surface area contributed by atoms with E-state index in [1.165, 1.54) is 19.3 Å². The zero-order valence-electron chi connectivity index (χ0n) is 10.4. The van der Waals surface area contributed by atoms with Gasteiger partial charge < -0.3 is 5.11 Å². The number of aliphatic hydroxyl groups excluding tert-OH is 1. The van der Waals surface area contributed by atoms with E-state index in [9.17, 15) is 5.11 Å². The van der Waals surface area contributed by atoms with Crippen molar-refractivity contribution in [3.8, 4) is 0 Å². The summed E-state index contributed by atoms with van der Waals surface area (Å²) < 4.78 is 0. The van der Waals surface area contributed by atoms with Gasteiger partial charge in [-0.05, 0) is 43.1 Å². The highest BCUT2D eigenvalue weighted by molar-refractivity contribution is 6.33. The summed E-state index contributed by atoms with van der Waals surface area (Å²) in [6.07, 6.45) is 4.70. The summed E-state index contributed by atoms with van der Waals surface area (Å²) >= 11 is 12.2. The molecule has 100 valence electrons. The van der Waals surface area contributed by atoms with Gasteiger partial charge in [0.1, 0.15) is 0 Å². The Morgan fingerprint density at radius 2 is 2.06 bits per heavy atom. The summed E-state index contributed by atoms with van der Waals surface area (Å²) in [6.45, 7) is 2.01. The van der Waals surface area contributed by atoms with E-state index in [1.807, 2.05) is 12.1 Å². The highest BCUT2D eigenvalue weighted by atomic mass is 35.5. The maximum atomic E-state index is 9.49. The first-order valence-electron chi connectivity index (χ1n) is 6.49. The quantitative estimate of drug-likeness (QED) is 0.916. The van der Waals surface area contributed by atoms with E-state index >= 15 is 0 Å². The first-order valence-corrected chi connectivity index (χ1v) is 7.25. The van der Waals surface area contributed by atoms with Crippen LogP contribution in [-0.4, -0.2) is 29.2 Å². The Labute approximate surface area is 119 Å². The molecule has 1 heterocycles. The number of aliphatic hydroxyl groups is 1. The standard InChI is InChI=1S/C14H19Cl2NO/c15-12-5-6-14(16)11(8-12)9-17-7-3-1-2-4-13(17)10-18/h5-6,8,13,18H,1-4,7,9-10H2. The zero-order chi connectivity index (χ0) is 13.0. The minimum Gasteiger partial charge on any atom is -0.395 e. The van der Waals surface area contributed by atoms with Gasteiger partial charge in [-0.15, -0.1) is 0 Å². The SMILES string of the molecule is OCC1CCCCCN1Cc1cc(Cl)ccc1Cl. The van der Waals surface area contributed by atoms with Gasteiger partial charge in [-0.2, -0.15) is 0 Å². The number of benzene rings is 1. The van der Waals surface area contributed by atoms with Crippen LogP contribution in [0.4, 0.5) is 0 Å². The Bertz CT molecular complexity index is 397. The van der Waals surface area contributed by atoms with Crippen molar-refractivity contribution in [2.75, 3.05) is 13.2 Å². The number of hydrogen-bond acceptors (Lipinski definition) is 2. The Morgan fingerprint density at radius 1 is 1.22 bits per heavy atom. The van der Waals surface area contributed by atoms with E-state index < -0.39 is 0 Å². The van der Waals surface area contributed by atoms with E-state index in [0.29, 0.717) is 5.02 Å². The molecule has 0 saturated carbocycles. The second-order valence-corrected chi connectivity index (χ2v) is 5.74. The molecule has 1 saturated heterocycles. The molecule has 1 N–H and O–H groups in total. The molecule has 1 aliphatic heterocycles. The largest absolute Gasteiger partial charge is 0.395 e. The molecule has 0 aliphatic carbocycles. The molecule has 0 radical (unpaired) electrons. The fraction of sp³-hybridized carbons (Fsp3) is 0.571. The third-order valence-corrected chi connectivity index (χ3v) is 4.19. The molecule has 0 bridgehead atoms. The Balaban J connectivity index is 2.12. The molecular weight excluding hydrogens is 269 g/mol. The number of rotatable bonds is 3. The van der Waals surface area contributed by atoms with Crippen LogP contribution in [0.2, 0.25) is 10.0 Å². The van der Waals surface area contributed by atoms with Crippen LogP contribution in [0.1, 0.15) is 31.2 Å². The van der Waals surface area contributed by atoms with E-state index in [2.05, 4.69) is 4.90 Å². The first kappa shape index (κ1) is 14.1. The summed E-state index contributed by atoms with van der Waals surface area (Å²) in [7, 11) is 0. The molecule has 4 heteroatoms. The Hall–Kier alpha value is -0.280. The number of nitrogens with zero attached hydrogens (tertiary/aromatic N) is 1. The topological polar surface area (TPSA) is 23.5 Å². The van der Waals surface area contributed by atoms with Gasteiger partial charge in [0.05, 0.1) is 6.61 Å². The van der Waals surface area contributed by atoms with E-state index in [4.69, 9.17) is 23.2 Å². The van der Waals surface area contributed by atoms with Gasteiger partial charge in [0.2, 0.25) is 0 Å². The second-order valence-electron chi connectivity index (χ2n) is 4.89. The minimum absolute atomic E-state index is 0.220. The van der Waals surface area contributed by atoms with Crippen LogP contribution in [0.3, 0.4) is 0 Å². The van der Waals surface area contributed by atoms with E-state index in [-0.39, 0.29) is 12.6 Å². The van der Waals surface area contributed by atoms with Crippen molar-refractivity contribution in [3.05, 3.63) is 33.8 Å². The summed E-state index contributed by atoms with van der Waals surface area (Å²) in [5.41, 5.74) is 1.05. The van der Waals surface area contributed by atoms with Crippen LogP contribution in [0.5, 0.6) is 0 Å². The summed E-state index contributed by atoms with van der Waals surface area (Å²) in [5.74, 6) is 0. The molecule has 1 unspecified atom stereocenters. The van der Waals surface area contributed by atoms with Crippen molar-refractivity contribution < 1.29 is 5.11 Å². The van der Waals surface area contributed by atoms with E-state index in [1.54, 1.807) is 6.07 Å². The van der Waals surface area contributed by atoms with E-state index in [0.717, 1.165) is 30.1 Å². The maximum absolute atomic E-state index is 9.49. The fourth-order valence-corrected chi connectivity index (χ4v) is 2.91. The van der Waals surface area contributed by atoms with Crippen molar-refractivity contribution in [3.63, 3.8) is 0 Å². The number of halogens is 2. The molecule has 2 rings (SSSR count). The van der Waals surface area contributed by atoms with Gasteiger partial charge in [0, 0.05) is 22.6 Å². The lowest BCUT2D eigenvalue weighted by atomic mass is 10.1. The molecule has 1 aromatic carbocycles. The number of hydrogen-bond donors (Lipinski definition) is 1. The normalized spacial score (nSPS) is 21.8. The van der Waals surface area contributed by atoms with Crippen molar-refractivity contribution >= 4 is 23.2 Å². The third kappa shape index (κ3) is 3.61. The monoisotopic (exact) mass is 287 g/mol. The Morgan fingerprint density at radius 3 is 2.83 bits per heavy atom. The zero-order valence-corrected chi connectivity index (χ0v) is 11.9. The van der Waals surface area contributed by atoms with Gasteiger partial charge in [-0.1, -0.05) is 36.0 Å². The van der Waals surface area contributed by atoms with Gasteiger partial charge in [0.15, 0.2) is 0 Å². The van der Waals surface area contributed by atoms with Gasteiger partial charge in [-0.25, -0.2) is 0 Å². The molecule has 1 atom stereocenters. The van der Waals surface area contributed by atoms with Crippen molar-refractivity contribution in [2.24, 2.45) is 0 Å². The lowest BCUT2D eigenvalue weighted by Gasteiger charge is -2.28. The summed E-state index contributed by atoms with van der Waals surface area (Å²) in [4.78, 5) is 2.32. The minimum atomic E-state index is 0.220. The summed E-state index contributed by atoms with van der Waals surface area (Å²) in [6, 6.07) is 5.82. The van der Waals surface area contributed by atoms with Gasteiger partial charge >= 0.3 is 0 Å². The Kier molecular flexibility index (Phi) is 5.31. The van der Waals surface area contributed by atoms with Gasteiger partial charge in [-0.3, -0.25) is 4.90 Å². The molecule has 0 spiro atoms. The predicted molar refractivity (Wildman–Crippen MR) is 76.2 cm³/mol. The average Bonchev–Trinajstić information content (AvgIpc) is 2.59. The highest BCUT2D eigenvalue weighted by Gasteiger charge is 2.21. The first-order chi connectivity index (χ1) is 8.70. The van der Waals surface area contributed by atoms with Crippen LogP contribution in [-0.2, 0) is 6.54 Å². The van der Waals surface area contributed by atoms with Crippen LogP contribution in [0.25, 0.3) is 0 Å². The molecule has 18 heavy (non-hydrogen) atoms. The molecule has 1 aliphatic rings. The molecule has 2 nitrogen and oxygen atoms in total. The molecule has 1 aromatic rings. The lowest BCUT2D eigenvalue weighted by molar-refractivity contribution is 0.118. The molecule has 1 fully saturated rings. The van der Waals surface area contributed by atoms with Crippen molar-refractivity contribution in [1.82, 2.24) is 4.90 Å². The third-order valence-electron chi connectivity index (χ3n) is 3.59. The number of likely N-dealkylation sites (tertiary alicyclic amines) is 1. The second kappa shape index (κ2) is 6.76. The average molecular weight is 288 g/mol.